The second-order valence-corrected chi connectivity index (χ2v) is 2.62. The van der Waals surface area contributed by atoms with E-state index < -0.39 is 12.0 Å². The van der Waals surface area contributed by atoms with Crippen molar-refractivity contribution in [2.75, 3.05) is 5.73 Å². The zero-order valence-electron chi connectivity index (χ0n) is 7.21. The molecule has 14 heavy (non-hydrogen) atoms. The Bertz CT molecular complexity index is 355. The lowest BCUT2D eigenvalue weighted by molar-refractivity contribution is 0.110. The molecule has 76 valence electrons. The molecule has 0 atom stereocenters. The molecule has 0 saturated carbocycles. The first kappa shape index (κ1) is 10.5. The molecule has 4 N–H and O–H groups in total. The summed E-state index contributed by atoms with van der Waals surface area (Å²) in [5, 5.41) is 0. The van der Waals surface area contributed by atoms with Crippen LogP contribution in [0.25, 0.3) is 0 Å². The summed E-state index contributed by atoms with van der Waals surface area (Å²) in [4.78, 5) is 14.1. The number of hydrogen-bond acceptors (Lipinski definition) is 4. The molecular formula is C8H9F2N3O. The van der Waals surface area contributed by atoms with Crippen LogP contribution in [0.1, 0.15) is 28.0 Å². The second-order valence-electron chi connectivity index (χ2n) is 2.62. The number of nitrogens with zero attached hydrogens (tertiary/aromatic N) is 1. The van der Waals surface area contributed by atoms with Crippen molar-refractivity contribution >= 4 is 12.1 Å². The van der Waals surface area contributed by atoms with E-state index >= 15 is 0 Å². The van der Waals surface area contributed by atoms with Gasteiger partial charge in [-0.05, 0) is 6.07 Å². The Labute approximate surface area is 78.9 Å². The lowest BCUT2D eigenvalue weighted by Crippen LogP contribution is -2.08. The van der Waals surface area contributed by atoms with Crippen LogP contribution in [0.3, 0.4) is 0 Å². The first-order valence-electron chi connectivity index (χ1n) is 3.82. The molecule has 1 heterocycles. The molecule has 0 amide bonds. The van der Waals surface area contributed by atoms with Crippen LogP contribution in [0.2, 0.25) is 0 Å². The van der Waals surface area contributed by atoms with Crippen molar-refractivity contribution in [2.24, 2.45) is 5.73 Å². The Morgan fingerprint density at radius 2 is 2.21 bits per heavy atom. The molecule has 0 fully saturated rings. The Balaban J connectivity index is 3.34. The molecule has 0 spiro atoms. The maximum atomic E-state index is 12.4. The van der Waals surface area contributed by atoms with Gasteiger partial charge in [0.25, 0.3) is 6.43 Å². The summed E-state index contributed by atoms with van der Waals surface area (Å²) in [5.41, 5.74) is 10.1. The molecule has 1 aromatic heterocycles. The number of halogens is 2. The molecule has 0 aliphatic rings. The summed E-state index contributed by atoms with van der Waals surface area (Å²) >= 11 is 0. The van der Waals surface area contributed by atoms with Crippen LogP contribution in [0.4, 0.5) is 14.6 Å². The molecule has 1 aromatic rings. The first-order valence-corrected chi connectivity index (χ1v) is 3.82. The number of alkyl halides is 2. The van der Waals surface area contributed by atoms with Crippen molar-refractivity contribution in [3.05, 3.63) is 22.9 Å². The van der Waals surface area contributed by atoms with Crippen molar-refractivity contribution in [1.29, 1.82) is 0 Å². The van der Waals surface area contributed by atoms with E-state index in [1.807, 2.05) is 0 Å². The quantitative estimate of drug-likeness (QED) is 0.711. The van der Waals surface area contributed by atoms with Gasteiger partial charge >= 0.3 is 0 Å². The average Bonchev–Trinajstić information content (AvgIpc) is 2.15. The Morgan fingerprint density at radius 1 is 1.57 bits per heavy atom. The summed E-state index contributed by atoms with van der Waals surface area (Å²) in [6.45, 7) is 0.0502. The van der Waals surface area contributed by atoms with Crippen molar-refractivity contribution in [2.45, 2.75) is 13.0 Å². The number of nitrogen functional groups attached to an aromatic ring is 1. The smallest absolute Gasteiger partial charge is 0.268 e. The van der Waals surface area contributed by atoms with Gasteiger partial charge in [0.1, 0.15) is 5.82 Å². The van der Waals surface area contributed by atoms with Crippen LogP contribution in [0.15, 0.2) is 6.07 Å². The van der Waals surface area contributed by atoms with Crippen molar-refractivity contribution in [1.82, 2.24) is 4.98 Å². The third kappa shape index (κ3) is 1.85. The van der Waals surface area contributed by atoms with E-state index in [2.05, 4.69) is 4.98 Å². The number of aldehydes is 1. The number of aromatic nitrogens is 1. The van der Waals surface area contributed by atoms with Gasteiger partial charge in [0.05, 0.1) is 11.3 Å². The summed E-state index contributed by atoms with van der Waals surface area (Å²) < 4.78 is 24.8. The third-order valence-corrected chi connectivity index (χ3v) is 1.73. The minimum atomic E-state index is -2.81. The topological polar surface area (TPSA) is 82.0 Å². The van der Waals surface area contributed by atoms with Crippen LogP contribution in [0.5, 0.6) is 0 Å². The molecule has 0 aliphatic heterocycles. The first-order chi connectivity index (χ1) is 6.60. The van der Waals surface area contributed by atoms with Gasteiger partial charge in [-0.3, -0.25) is 4.79 Å². The fourth-order valence-corrected chi connectivity index (χ4v) is 1.09. The van der Waals surface area contributed by atoms with E-state index in [1.54, 1.807) is 0 Å². The fourth-order valence-electron chi connectivity index (χ4n) is 1.09. The van der Waals surface area contributed by atoms with Gasteiger partial charge in [-0.25, -0.2) is 13.8 Å². The standard InChI is InChI=1S/C8H9F2N3O/c9-7(10)6-4(3-14)1-5(2-11)13-8(6)12/h1,3,7H,2,11H2,(H2,12,13). The van der Waals surface area contributed by atoms with Crippen LogP contribution in [0, 0.1) is 0 Å². The maximum Gasteiger partial charge on any atom is 0.268 e. The molecule has 6 heteroatoms. The van der Waals surface area contributed by atoms with Crippen LogP contribution in [-0.4, -0.2) is 11.3 Å². The maximum absolute atomic E-state index is 12.4. The molecule has 0 saturated heterocycles. The summed E-state index contributed by atoms with van der Waals surface area (Å²) in [5.74, 6) is -0.343. The van der Waals surface area contributed by atoms with Gasteiger partial charge in [-0.1, -0.05) is 0 Å². The normalized spacial score (nSPS) is 10.6. The molecule has 0 aliphatic carbocycles. The monoisotopic (exact) mass is 201 g/mol. The van der Waals surface area contributed by atoms with Crippen molar-refractivity contribution in [3.8, 4) is 0 Å². The summed E-state index contributed by atoms with van der Waals surface area (Å²) in [6.07, 6.45) is -2.49. The molecular weight excluding hydrogens is 192 g/mol. The van der Waals surface area contributed by atoms with E-state index in [1.165, 1.54) is 6.07 Å². The lowest BCUT2D eigenvalue weighted by atomic mass is 10.1. The highest BCUT2D eigenvalue weighted by molar-refractivity contribution is 5.80. The Kier molecular flexibility index (Phi) is 3.08. The number of carbonyl (C=O) groups excluding carboxylic acids is 1. The lowest BCUT2D eigenvalue weighted by Gasteiger charge is -2.08. The number of pyridine rings is 1. The van der Waals surface area contributed by atoms with E-state index in [0.29, 0.717) is 12.0 Å². The third-order valence-electron chi connectivity index (χ3n) is 1.73. The minimum absolute atomic E-state index is 0.0502. The van der Waals surface area contributed by atoms with Gasteiger partial charge < -0.3 is 11.5 Å². The van der Waals surface area contributed by atoms with E-state index in [0.717, 1.165) is 0 Å². The van der Waals surface area contributed by atoms with Crippen molar-refractivity contribution < 1.29 is 13.6 Å². The second kappa shape index (κ2) is 4.10. The number of rotatable bonds is 3. The van der Waals surface area contributed by atoms with Crippen molar-refractivity contribution in [3.63, 3.8) is 0 Å². The van der Waals surface area contributed by atoms with Crippen LogP contribution >= 0.6 is 0 Å². The molecule has 1 rings (SSSR count). The molecule has 0 bridgehead atoms. The highest BCUT2D eigenvalue weighted by Gasteiger charge is 2.18. The zero-order valence-corrected chi connectivity index (χ0v) is 7.21. The number of carbonyl (C=O) groups is 1. The highest BCUT2D eigenvalue weighted by atomic mass is 19.3. The Morgan fingerprint density at radius 3 is 2.64 bits per heavy atom. The number of hydrogen-bond donors (Lipinski definition) is 2. The van der Waals surface area contributed by atoms with Gasteiger partial charge in [-0.2, -0.15) is 0 Å². The molecule has 0 radical (unpaired) electrons. The largest absolute Gasteiger partial charge is 0.383 e. The predicted molar refractivity (Wildman–Crippen MR) is 46.9 cm³/mol. The van der Waals surface area contributed by atoms with E-state index in [-0.39, 0.29) is 17.9 Å². The van der Waals surface area contributed by atoms with E-state index in [4.69, 9.17) is 11.5 Å². The molecule has 0 unspecified atom stereocenters. The van der Waals surface area contributed by atoms with Gasteiger partial charge in [0.15, 0.2) is 6.29 Å². The average molecular weight is 201 g/mol. The minimum Gasteiger partial charge on any atom is -0.383 e. The van der Waals surface area contributed by atoms with Gasteiger partial charge in [0, 0.05) is 12.1 Å². The van der Waals surface area contributed by atoms with Crippen LogP contribution in [-0.2, 0) is 6.54 Å². The predicted octanol–water partition coefficient (Wildman–Crippen LogP) is 0.873. The SMILES string of the molecule is NCc1cc(C=O)c(C(F)F)c(N)n1. The van der Waals surface area contributed by atoms with Gasteiger partial charge in [0.2, 0.25) is 0 Å². The molecule has 0 aromatic carbocycles. The Hall–Kier alpha value is -1.56. The van der Waals surface area contributed by atoms with Crippen LogP contribution < -0.4 is 11.5 Å². The van der Waals surface area contributed by atoms with E-state index in [9.17, 15) is 13.6 Å². The summed E-state index contributed by atoms with van der Waals surface area (Å²) in [6, 6.07) is 1.21. The summed E-state index contributed by atoms with van der Waals surface area (Å²) in [7, 11) is 0. The highest BCUT2D eigenvalue weighted by Crippen LogP contribution is 2.26. The fraction of sp³-hybridized carbons (Fsp3) is 0.250. The van der Waals surface area contributed by atoms with Gasteiger partial charge in [-0.15, -0.1) is 0 Å². The number of nitrogens with two attached hydrogens (primary N) is 2. The molecule has 4 nitrogen and oxygen atoms in total. The number of anilines is 1. The zero-order chi connectivity index (χ0) is 10.7.